The smallest absolute Gasteiger partial charge is 0.252 e. The van der Waals surface area contributed by atoms with Crippen molar-refractivity contribution < 1.29 is 9.53 Å². The molecule has 0 saturated carbocycles. The summed E-state index contributed by atoms with van der Waals surface area (Å²) in [4.78, 5) is 21.7. The van der Waals surface area contributed by atoms with Crippen LogP contribution in [0.4, 0.5) is 0 Å². The van der Waals surface area contributed by atoms with E-state index in [9.17, 15) is 4.79 Å². The fourth-order valence-electron chi connectivity index (χ4n) is 3.81. The normalized spacial score (nSPS) is 16.1. The Morgan fingerprint density at radius 2 is 1.97 bits per heavy atom. The zero-order valence-corrected chi connectivity index (χ0v) is 16.4. The van der Waals surface area contributed by atoms with E-state index in [1.807, 2.05) is 48.5 Å². The molecular weight excluding hydrogens is 388 g/mol. The highest BCUT2D eigenvalue weighted by Gasteiger charge is 2.29. The minimum Gasteiger partial charge on any atom is -0.497 e. The average molecular weight is 405 g/mol. The van der Waals surface area contributed by atoms with E-state index in [2.05, 4.69) is 15.1 Å². The van der Waals surface area contributed by atoms with Crippen molar-refractivity contribution in [3.05, 3.63) is 76.6 Å². The Hall–Kier alpha value is -3.25. The first-order chi connectivity index (χ1) is 14.1. The van der Waals surface area contributed by atoms with Crippen LogP contribution in [0.3, 0.4) is 0 Å². The van der Waals surface area contributed by atoms with Crippen LogP contribution in [0, 0.1) is 0 Å². The van der Waals surface area contributed by atoms with Crippen molar-refractivity contribution in [3.63, 3.8) is 0 Å². The lowest BCUT2D eigenvalue weighted by Crippen LogP contribution is -2.22. The molecular formula is C22H17ClN4O2. The van der Waals surface area contributed by atoms with Gasteiger partial charge in [0.05, 0.1) is 18.4 Å². The number of methoxy groups -OCH3 is 1. The molecule has 1 unspecified atom stereocenters. The number of hydrogen-bond donors (Lipinski definition) is 0. The first-order valence-corrected chi connectivity index (χ1v) is 9.68. The number of hydrogen-bond acceptors (Lipinski definition) is 5. The maximum Gasteiger partial charge on any atom is 0.252 e. The van der Waals surface area contributed by atoms with Crippen molar-refractivity contribution in [1.82, 2.24) is 19.6 Å². The van der Waals surface area contributed by atoms with E-state index in [1.165, 1.54) is 0 Å². The number of nitrogens with zero attached hydrogens (tertiary/aromatic N) is 4. The van der Waals surface area contributed by atoms with Crippen LogP contribution in [0.5, 0.6) is 5.75 Å². The summed E-state index contributed by atoms with van der Waals surface area (Å²) >= 11 is 6.16. The Balaban J connectivity index is 1.58. The first kappa shape index (κ1) is 17.8. The molecule has 144 valence electrons. The molecule has 0 aliphatic heterocycles. The zero-order chi connectivity index (χ0) is 20.0. The van der Waals surface area contributed by atoms with E-state index in [1.54, 1.807) is 17.8 Å². The predicted molar refractivity (Wildman–Crippen MR) is 110 cm³/mol. The van der Waals surface area contributed by atoms with Crippen molar-refractivity contribution in [3.8, 4) is 17.1 Å². The van der Waals surface area contributed by atoms with Crippen molar-refractivity contribution in [1.29, 1.82) is 0 Å². The van der Waals surface area contributed by atoms with Gasteiger partial charge in [0.25, 0.3) is 5.78 Å². The zero-order valence-electron chi connectivity index (χ0n) is 15.7. The maximum absolute atomic E-state index is 12.8. The molecule has 6 nitrogen and oxygen atoms in total. The Labute approximate surface area is 172 Å². The number of ether oxygens (including phenoxy) is 1. The Bertz CT molecular complexity index is 1230. The van der Waals surface area contributed by atoms with Gasteiger partial charge in [-0.1, -0.05) is 23.7 Å². The number of rotatable bonds is 3. The molecule has 2 aromatic heterocycles. The molecule has 0 spiro atoms. The number of fused-ring (bicyclic) bond motifs is 3. The van der Waals surface area contributed by atoms with Crippen LogP contribution >= 0.6 is 11.6 Å². The lowest BCUT2D eigenvalue weighted by atomic mass is 9.82. The van der Waals surface area contributed by atoms with Crippen LogP contribution in [0.1, 0.15) is 34.0 Å². The molecule has 4 aromatic rings. The Morgan fingerprint density at radius 3 is 2.72 bits per heavy atom. The third kappa shape index (κ3) is 3.15. The summed E-state index contributed by atoms with van der Waals surface area (Å²) in [5.41, 5.74) is 3.36. The van der Waals surface area contributed by atoms with E-state index in [0.717, 1.165) is 22.6 Å². The molecule has 7 heteroatoms. The quantitative estimate of drug-likeness (QED) is 0.507. The second-order valence-corrected chi connectivity index (χ2v) is 7.51. The van der Waals surface area contributed by atoms with E-state index in [4.69, 9.17) is 16.3 Å². The maximum atomic E-state index is 12.8. The van der Waals surface area contributed by atoms with Gasteiger partial charge in [0.15, 0.2) is 11.6 Å². The van der Waals surface area contributed by atoms with Crippen LogP contribution in [-0.4, -0.2) is 32.5 Å². The third-order valence-corrected chi connectivity index (χ3v) is 5.54. The molecule has 0 bridgehead atoms. The van der Waals surface area contributed by atoms with Gasteiger partial charge in [-0.3, -0.25) is 4.79 Å². The van der Waals surface area contributed by atoms with E-state index in [0.29, 0.717) is 35.0 Å². The number of Topliss-reactive ketones (excluding diaryl/α,β-unsaturated/α-hetero) is 1. The van der Waals surface area contributed by atoms with Crippen LogP contribution in [-0.2, 0) is 6.42 Å². The van der Waals surface area contributed by atoms with Crippen molar-refractivity contribution in [2.45, 2.75) is 18.8 Å². The van der Waals surface area contributed by atoms with Gasteiger partial charge in [-0.05, 0) is 54.3 Å². The highest BCUT2D eigenvalue weighted by atomic mass is 35.5. The topological polar surface area (TPSA) is 69.4 Å². The van der Waals surface area contributed by atoms with Gasteiger partial charge >= 0.3 is 0 Å². The third-order valence-electron chi connectivity index (χ3n) is 5.31. The molecule has 2 heterocycles. The second kappa shape index (κ2) is 6.97. The van der Waals surface area contributed by atoms with E-state index >= 15 is 0 Å². The highest BCUT2D eigenvalue weighted by molar-refractivity contribution is 6.30. The molecule has 0 amide bonds. The monoisotopic (exact) mass is 404 g/mol. The summed E-state index contributed by atoms with van der Waals surface area (Å²) in [6.45, 7) is 0. The summed E-state index contributed by atoms with van der Waals surface area (Å²) in [5.74, 6) is 1.92. The molecule has 1 atom stereocenters. The molecule has 2 aromatic carbocycles. The second-order valence-electron chi connectivity index (χ2n) is 7.08. The molecule has 0 saturated heterocycles. The van der Waals surface area contributed by atoms with E-state index < -0.39 is 0 Å². The Morgan fingerprint density at radius 1 is 1.14 bits per heavy atom. The predicted octanol–water partition coefficient (Wildman–Crippen LogP) is 4.37. The molecule has 29 heavy (non-hydrogen) atoms. The lowest BCUT2D eigenvalue weighted by Gasteiger charge is -2.24. The first-order valence-electron chi connectivity index (χ1n) is 9.30. The number of carbonyl (C=O) groups excluding carboxylic acids is 1. The molecule has 1 aliphatic rings. The van der Waals surface area contributed by atoms with Crippen molar-refractivity contribution in [2.24, 2.45) is 0 Å². The lowest BCUT2D eigenvalue weighted by molar-refractivity contribution is 0.0962. The molecule has 0 radical (unpaired) electrons. The fourth-order valence-corrected chi connectivity index (χ4v) is 4.01. The summed E-state index contributed by atoms with van der Waals surface area (Å²) in [6, 6.07) is 15.2. The number of ketones is 1. The van der Waals surface area contributed by atoms with E-state index in [-0.39, 0.29) is 11.7 Å². The number of halogens is 1. The van der Waals surface area contributed by atoms with Gasteiger partial charge in [-0.2, -0.15) is 9.50 Å². The fraction of sp³-hybridized carbons (Fsp3) is 0.182. The van der Waals surface area contributed by atoms with Gasteiger partial charge in [0.2, 0.25) is 0 Å². The van der Waals surface area contributed by atoms with Gasteiger partial charge in [-0.25, -0.2) is 4.98 Å². The summed E-state index contributed by atoms with van der Waals surface area (Å²) in [5, 5.41) is 5.33. The van der Waals surface area contributed by atoms with Crippen molar-refractivity contribution >= 4 is 23.2 Å². The highest BCUT2D eigenvalue weighted by Crippen LogP contribution is 2.33. The summed E-state index contributed by atoms with van der Waals surface area (Å²) in [7, 11) is 1.63. The van der Waals surface area contributed by atoms with Crippen LogP contribution in [0.25, 0.3) is 17.2 Å². The number of benzene rings is 2. The van der Waals surface area contributed by atoms with Crippen molar-refractivity contribution in [2.75, 3.05) is 7.11 Å². The molecule has 0 fully saturated rings. The van der Waals surface area contributed by atoms with Gasteiger partial charge < -0.3 is 4.74 Å². The Kier molecular flexibility index (Phi) is 4.28. The van der Waals surface area contributed by atoms with Gasteiger partial charge in [-0.15, -0.1) is 5.10 Å². The molecule has 0 N–H and O–H groups in total. The average Bonchev–Trinajstić information content (AvgIpc) is 3.18. The summed E-state index contributed by atoms with van der Waals surface area (Å²) in [6.07, 6.45) is 2.72. The SMILES string of the molecule is COc1ccc(-c2nc3ncc4c(n3n2)CC(c2cccc(Cl)c2)CC4=O)cc1. The minimum atomic E-state index is 0.0490. The van der Waals surface area contributed by atoms with Crippen LogP contribution < -0.4 is 4.74 Å². The molecule has 5 rings (SSSR count). The summed E-state index contributed by atoms with van der Waals surface area (Å²) < 4.78 is 6.91. The standard InChI is InChI=1S/C22H17ClN4O2/c1-29-17-7-5-13(6-8-17)21-25-22-24-12-18-19(27(22)26-21)10-15(11-20(18)28)14-3-2-4-16(23)9-14/h2-9,12,15H,10-11H2,1H3. The van der Waals surface area contributed by atoms with Gasteiger partial charge in [0, 0.05) is 23.2 Å². The van der Waals surface area contributed by atoms with Gasteiger partial charge in [0.1, 0.15) is 5.75 Å². The largest absolute Gasteiger partial charge is 0.497 e. The number of aromatic nitrogens is 4. The number of carbonyl (C=O) groups is 1. The minimum absolute atomic E-state index is 0.0490. The van der Waals surface area contributed by atoms with Crippen LogP contribution in [0.15, 0.2) is 54.7 Å². The molecule has 1 aliphatic carbocycles. The van der Waals surface area contributed by atoms with Crippen LogP contribution in [0.2, 0.25) is 5.02 Å².